The van der Waals surface area contributed by atoms with Gasteiger partial charge in [0.25, 0.3) is 5.91 Å². The minimum absolute atomic E-state index is 0.0356. The van der Waals surface area contributed by atoms with Crippen LogP contribution < -0.4 is 5.32 Å². The molecule has 2 N–H and O–H groups in total. The summed E-state index contributed by atoms with van der Waals surface area (Å²) >= 11 is 0. The number of benzene rings is 1. The van der Waals surface area contributed by atoms with E-state index in [2.05, 4.69) is 37.4 Å². The smallest absolute Gasteiger partial charge is 0.251 e. The van der Waals surface area contributed by atoms with Gasteiger partial charge in [0.15, 0.2) is 5.82 Å². The average Bonchev–Trinajstić information content (AvgIpc) is 3.38. The van der Waals surface area contributed by atoms with Gasteiger partial charge < -0.3 is 5.32 Å². The highest BCUT2D eigenvalue weighted by atomic mass is 16.1. The van der Waals surface area contributed by atoms with Crippen LogP contribution in [0.25, 0.3) is 0 Å². The van der Waals surface area contributed by atoms with Crippen LogP contribution in [0.1, 0.15) is 45.7 Å². The minimum atomic E-state index is -0.0464. The molecule has 0 saturated carbocycles. The molecule has 1 saturated heterocycles. The van der Waals surface area contributed by atoms with Gasteiger partial charge in [-0.1, -0.05) is 18.2 Å². The Bertz CT molecular complexity index is 962. The number of aromatic amines is 1. The summed E-state index contributed by atoms with van der Waals surface area (Å²) in [6.45, 7) is 5.45. The van der Waals surface area contributed by atoms with E-state index in [0.717, 1.165) is 36.9 Å². The van der Waals surface area contributed by atoms with Crippen LogP contribution in [-0.4, -0.2) is 48.4 Å². The first-order valence-corrected chi connectivity index (χ1v) is 9.47. The molecule has 1 amide bonds. The summed E-state index contributed by atoms with van der Waals surface area (Å²) < 4.78 is 1.88. The van der Waals surface area contributed by atoms with Crippen molar-refractivity contribution in [1.29, 1.82) is 0 Å². The molecule has 0 aliphatic carbocycles. The first-order chi connectivity index (χ1) is 13.5. The summed E-state index contributed by atoms with van der Waals surface area (Å²) in [5, 5.41) is 14.8. The lowest BCUT2D eigenvalue weighted by molar-refractivity contribution is 0.0937. The number of carbonyl (C=O) groups is 1. The van der Waals surface area contributed by atoms with Gasteiger partial charge in [0.1, 0.15) is 5.82 Å². The molecule has 1 aromatic carbocycles. The summed E-state index contributed by atoms with van der Waals surface area (Å²) in [6, 6.07) is 9.40. The van der Waals surface area contributed by atoms with Crippen molar-refractivity contribution in [3.8, 4) is 0 Å². The van der Waals surface area contributed by atoms with Crippen molar-refractivity contribution in [3.05, 3.63) is 65.0 Å². The summed E-state index contributed by atoms with van der Waals surface area (Å²) in [5.41, 5.74) is 2.99. The maximum atomic E-state index is 12.6. The third kappa shape index (κ3) is 3.68. The van der Waals surface area contributed by atoms with Crippen molar-refractivity contribution >= 4 is 5.91 Å². The highest BCUT2D eigenvalue weighted by Gasteiger charge is 2.36. The third-order valence-corrected chi connectivity index (χ3v) is 5.40. The van der Waals surface area contributed by atoms with Gasteiger partial charge >= 0.3 is 0 Å². The molecule has 28 heavy (non-hydrogen) atoms. The maximum Gasteiger partial charge on any atom is 0.251 e. The monoisotopic (exact) mass is 379 g/mol. The lowest BCUT2D eigenvalue weighted by Crippen LogP contribution is -2.37. The Morgan fingerprint density at radius 2 is 2.07 bits per heavy atom. The van der Waals surface area contributed by atoms with Crippen LogP contribution in [0, 0.1) is 13.8 Å². The molecule has 1 aliphatic heterocycles. The molecule has 2 aromatic heterocycles. The summed E-state index contributed by atoms with van der Waals surface area (Å²) in [7, 11) is 1.95. The van der Waals surface area contributed by atoms with Crippen molar-refractivity contribution in [2.45, 2.75) is 38.9 Å². The van der Waals surface area contributed by atoms with Gasteiger partial charge in [-0.25, -0.2) is 4.98 Å². The number of hydrogen-bond acceptors (Lipinski definition) is 5. The van der Waals surface area contributed by atoms with Crippen LogP contribution in [0.15, 0.2) is 36.5 Å². The summed E-state index contributed by atoms with van der Waals surface area (Å²) in [4.78, 5) is 19.5. The molecule has 8 heteroatoms. The molecule has 0 radical (unpaired) electrons. The second-order valence-electron chi connectivity index (χ2n) is 7.38. The topological polar surface area (TPSA) is 91.7 Å². The fourth-order valence-corrected chi connectivity index (χ4v) is 3.74. The van der Waals surface area contributed by atoms with Gasteiger partial charge in [-0.3, -0.25) is 19.5 Å². The first-order valence-electron chi connectivity index (χ1n) is 9.47. The standard InChI is InChI=1S/C20H25N7O/c1-13-16(10-21-26(13)3)11-27-12-17(9-18(27)19-22-14(2)24-25-19)23-20(28)15-7-5-4-6-8-15/h4-8,10,17-18H,9,11-12H2,1-3H3,(H,23,28)(H,22,24,25). The lowest BCUT2D eigenvalue weighted by Gasteiger charge is -2.21. The molecule has 3 aromatic rings. The number of aryl methyl sites for hydroxylation is 2. The van der Waals surface area contributed by atoms with E-state index in [-0.39, 0.29) is 18.0 Å². The predicted octanol–water partition coefficient (Wildman–Crippen LogP) is 1.90. The van der Waals surface area contributed by atoms with Crippen molar-refractivity contribution in [1.82, 2.24) is 35.2 Å². The Balaban J connectivity index is 1.53. The second-order valence-corrected chi connectivity index (χ2v) is 7.38. The number of likely N-dealkylation sites (tertiary alicyclic amines) is 1. The van der Waals surface area contributed by atoms with E-state index < -0.39 is 0 Å². The number of H-pyrrole nitrogens is 1. The Labute approximate surface area is 164 Å². The van der Waals surface area contributed by atoms with Gasteiger partial charge in [-0.05, 0) is 32.4 Å². The predicted molar refractivity (Wildman–Crippen MR) is 105 cm³/mol. The number of nitrogens with one attached hydrogen (secondary N) is 2. The largest absolute Gasteiger partial charge is 0.348 e. The SMILES string of the molecule is Cc1nc(C2CC(NC(=O)c3ccccc3)CN2Cc2cnn(C)c2C)n[nH]1. The third-order valence-electron chi connectivity index (χ3n) is 5.40. The quantitative estimate of drug-likeness (QED) is 0.706. The molecule has 0 spiro atoms. The molecule has 146 valence electrons. The van der Waals surface area contributed by atoms with E-state index in [0.29, 0.717) is 5.56 Å². The molecule has 1 aliphatic rings. The van der Waals surface area contributed by atoms with E-state index in [1.807, 2.05) is 55.2 Å². The Kier molecular flexibility index (Phi) is 4.95. The van der Waals surface area contributed by atoms with Crippen molar-refractivity contribution in [3.63, 3.8) is 0 Å². The molecular formula is C20H25N7O. The van der Waals surface area contributed by atoms with Gasteiger partial charge in [0, 0.05) is 43.0 Å². The van der Waals surface area contributed by atoms with Gasteiger partial charge in [-0.15, -0.1) is 0 Å². The average molecular weight is 379 g/mol. The maximum absolute atomic E-state index is 12.6. The van der Waals surface area contributed by atoms with Gasteiger partial charge in [0.05, 0.1) is 12.2 Å². The normalized spacial score (nSPS) is 19.8. The molecule has 2 unspecified atom stereocenters. The number of aromatic nitrogens is 5. The molecule has 1 fully saturated rings. The van der Waals surface area contributed by atoms with Crippen molar-refractivity contribution in [2.75, 3.05) is 6.54 Å². The zero-order valence-electron chi connectivity index (χ0n) is 16.4. The molecule has 8 nitrogen and oxygen atoms in total. The van der Waals surface area contributed by atoms with E-state index in [9.17, 15) is 4.79 Å². The van der Waals surface area contributed by atoms with E-state index in [1.54, 1.807) is 0 Å². The Morgan fingerprint density at radius 1 is 1.29 bits per heavy atom. The summed E-state index contributed by atoms with van der Waals surface area (Å²) in [6.07, 6.45) is 2.68. The highest BCUT2D eigenvalue weighted by Crippen LogP contribution is 2.32. The Hall–Kier alpha value is -3.00. The fraction of sp³-hybridized carbons (Fsp3) is 0.400. The van der Waals surface area contributed by atoms with Crippen LogP contribution in [0.3, 0.4) is 0 Å². The molecule has 2 atom stereocenters. The molecular weight excluding hydrogens is 354 g/mol. The van der Waals surface area contributed by atoms with E-state index in [4.69, 9.17) is 0 Å². The van der Waals surface area contributed by atoms with Crippen LogP contribution in [0.4, 0.5) is 0 Å². The highest BCUT2D eigenvalue weighted by molar-refractivity contribution is 5.94. The van der Waals surface area contributed by atoms with Crippen LogP contribution in [0.5, 0.6) is 0 Å². The first kappa shape index (κ1) is 18.4. The fourth-order valence-electron chi connectivity index (χ4n) is 3.74. The zero-order chi connectivity index (χ0) is 19.7. The van der Waals surface area contributed by atoms with Crippen LogP contribution in [0.2, 0.25) is 0 Å². The number of hydrogen-bond donors (Lipinski definition) is 2. The minimum Gasteiger partial charge on any atom is -0.348 e. The van der Waals surface area contributed by atoms with Crippen LogP contribution in [-0.2, 0) is 13.6 Å². The summed E-state index contributed by atoms with van der Waals surface area (Å²) in [5.74, 6) is 1.52. The second kappa shape index (κ2) is 7.55. The van der Waals surface area contributed by atoms with Gasteiger partial charge in [-0.2, -0.15) is 10.2 Å². The zero-order valence-corrected chi connectivity index (χ0v) is 16.4. The lowest BCUT2D eigenvalue weighted by atomic mass is 10.1. The number of nitrogens with zero attached hydrogens (tertiary/aromatic N) is 5. The van der Waals surface area contributed by atoms with Gasteiger partial charge in [0.2, 0.25) is 0 Å². The van der Waals surface area contributed by atoms with Crippen LogP contribution >= 0.6 is 0 Å². The molecule has 3 heterocycles. The van der Waals surface area contributed by atoms with Crippen molar-refractivity contribution < 1.29 is 4.79 Å². The number of carbonyl (C=O) groups excluding carboxylic acids is 1. The molecule has 0 bridgehead atoms. The van der Waals surface area contributed by atoms with Crippen molar-refractivity contribution in [2.24, 2.45) is 7.05 Å². The Morgan fingerprint density at radius 3 is 2.71 bits per heavy atom. The number of amides is 1. The number of rotatable bonds is 5. The van der Waals surface area contributed by atoms with E-state index in [1.165, 1.54) is 5.56 Å². The van der Waals surface area contributed by atoms with E-state index >= 15 is 0 Å². The molecule has 4 rings (SSSR count).